The van der Waals surface area contributed by atoms with E-state index in [4.69, 9.17) is 33.1 Å². The van der Waals surface area contributed by atoms with Gasteiger partial charge in [0.1, 0.15) is 10.8 Å². The molecule has 0 heterocycles. The van der Waals surface area contributed by atoms with Crippen LogP contribution in [0.3, 0.4) is 0 Å². The van der Waals surface area contributed by atoms with Crippen LogP contribution in [0.15, 0.2) is 18.2 Å². The number of rotatable bonds is 7. The predicted octanol–water partition coefficient (Wildman–Crippen LogP) is 3.47. The summed E-state index contributed by atoms with van der Waals surface area (Å²) in [5.41, 5.74) is -0.529. The van der Waals surface area contributed by atoms with Gasteiger partial charge in [-0.2, -0.15) is 0 Å². The summed E-state index contributed by atoms with van der Waals surface area (Å²) >= 11 is 12.0. The first-order valence-corrected chi connectivity index (χ1v) is 8.77. The molecule has 0 saturated carbocycles. The van der Waals surface area contributed by atoms with Crippen molar-refractivity contribution >= 4 is 33.2 Å². The first-order chi connectivity index (χ1) is 9.23. The lowest BCUT2D eigenvalue weighted by molar-refractivity contribution is 0.154. The molecule has 114 valence electrons. The number of primary sulfonamides is 1. The van der Waals surface area contributed by atoms with E-state index in [1.165, 1.54) is 0 Å². The van der Waals surface area contributed by atoms with Gasteiger partial charge in [-0.05, 0) is 25.0 Å². The average Bonchev–Trinajstić information content (AvgIpc) is 2.37. The maximum Gasteiger partial charge on any atom is 0.209 e. The normalized spacial score (nSPS) is 12.4. The van der Waals surface area contributed by atoms with Crippen LogP contribution in [0, 0.1) is 5.41 Å². The van der Waals surface area contributed by atoms with Crippen molar-refractivity contribution in [2.45, 2.75) is 26.7 Å². The monoisotopic (exact) mass is 339 g/mol. The van der Waals surface area contributed by atoms with Gasteiger partial charge < -0.3 is 4.74 Å². The number of halogens is 2. The van der Waals surface area contributed by atoms with E-state index in [1.807, 2.05) is 13.8 Å². The molecule has 0 atom stereocenters. The molecule has 0 aromatic heterocycles. The van der Waals surface area contributed by atoms with Gasteiger partial charge in [0, 0.05) is 5.41 Å². The lowest BCUT2D eigenvalue weighted by Gasteiger charge is -2.30. The molecule has 0 radical (unpaired) electrons. The molecule has 0 aliphatic rings. The maximum atomic E-state index is 11.4. The van der Waals surface area contributed by atoms with E-state index < -0.39 is 15.4 Å². The van der Waals surface area contributed by atoms with Gasteiger partial charge in [0.05, 0.1) is 17.4 Å². The van der Waals surface area contributed by atoms with Crippen molar-refractivity contribution in [1.82, 2.24) is 0 Å². The zero-order valence-corrected chi connectivity index (χ0v) is 13.9. The van der Waals surface area contributed by atoms with Crippen molar-refractivity contribution in [3.8, 4) is 5.75 Å². The third kappa shape index (κ3) is 4.81. The Kier molecular flexibility index (Phi) is 6.13. The molecule has 0 bridgehead atoms. The number of sulfonamides is 1. The van der Waals surface area contributed by atoms with Crippen molar-refractivity contribution < 1.29 is 13.2 Å². The first kappa shape index (κ1) is 17.6. The van der Waals surface area contributed by atoms with E-state index in [-0.39, 0.29) is 12.4 Å². The SMILES string of the molecule is CCC(CC)(COc1cccc(Cl)c1Cl)CS(N)(=O)=O. The van der Waals surface area contributed by atoms with Gasteiger partial charge in [0.25, 0.3) is 0 Å². The second kappa shape index (κ2) is 6.98. The molecule has 1 aromatic carbocycles. The minimum absolute atomic E-state index is 0.120. The molecule has 0 amide bonds. The highest BCUT2D eigenvalue weighted by atomic mass is 35.5. The van der Waals surface area contributed by atoms with E-state index in [0.29, 0.717) is 28.6 Å². The van der Waals surface area contributed by atoms with Gasteiger partial charge in [-0.3, -0.25) is 0 Å². The Morgan fingerprint density at radius 3 is 2.35 bits per heavy atom. The topological polar surface area (TPSA) is 69.4 Å². The van der Waals surface area contributed by atoms with Crippen LogP contribution in [0.25, 0.3) is 0 Å². The van der Waals surface area contributed by atoms with Gasteiger partial charge in [-0.15, -0.1) is 0 Å². The van der Waals surface area contributed by atoms with Crippen LogP contribution >= 0.6 is 23.2 Å². The molecule has 20 heavy (non-hydrogen) atoms. The smallest absolute Gasteiger partial charge is 0.209 e. The fourth-order valence-electron chi connectivity index (χ4n) is 1.95. The highest BCUT2D eigenvalue weighted by molar-refractivity contribution is 7.89. The Labute approximate surface area is 130 Å². The lowest BCUT2D eigenvalue weighted by Crippen LogP contribution is -2.37. The second-order valence-corrected chi connectivity index (χ2v) is 7.25. The van der Waals surface area contributed by atoms with Crippen LogP contribution < -0.4 is 9.88 Å². The lowest BCUT2D eigenvalue weighted by atomic mass is 9.85. The number of ether oxygens (including phenoxy) is 1. The molecule has 0 fully saturated rings. The van der Waals surface area contributed by atoms with E-state index in [9.17, 15) is 8.42 Å². The summed E-state index contributed by atoms with van der Waals surface area (Å²) in [6.45, 7) is 4.05. The standard InChI is InChI=1S/C13H19Cl2NO3S/c1-3-13(4-2,9-20(16,17)18)8-19-11-7-5-6-10(14)12(11)15/h5-7H,3-4,8-9H2,1-2H3,(H2,16,17,18). The van der Waals surface area contributed by atoms with Gasteiger partial charge in [0.15, 0.2) is 0 Å². The fraction of sp³-hybridized carbons (Fsp3) is 0.538. The molecular weight excluding hydrogens is 321 g/mol. The maximum absolute atomic E-state index is 11.4. The number of hydrogen-bond donors (Lipinski definition) is 1. The van der Waals surface area contributed by atoms with Gasteiger partial charge in [-0.25, -0.2) is 13.6 Å². The summed E-state index contributed by atoms with van der Waals surface area (Å²) in [5, 5.41) is 5.89. The molecule has 1 aromatic rings. The second-order valence-electron chi connectivity index (χ2n) is 4.85. The van der Waals surface area contributed by atoms with Crippen molar-refractivity contribution in [2.24, 2.45) is 10.6 Å². The average molecular weight is 340 g/mol. The summed E-state index contributed by atoms with van der Waals surface area (Å²) < 4.78 is 28.4. The largest absolute Gasteiger partial charge is 0.491 e. The third-order valence-corrected chi connectivity index (χ3v) is 5.27. The van der Waals surface area contributed by atoms with Crippen LogP contribution in [-0.2, 0) is 10.0 Å². The number of nitrogens with two attached hydrogens (primary N) is 1. The Morgan fingerprint density at radius 1 is 1.25 bits per heavy atom. The quantitative estimate of drug-likeness (QED) is 0.826. The first-order valence-electron chi connectivity index (χ1n) is 6.30. The van der Waals surface area contributed by atoms with Crippen molar-refractivity contribution in [2.75, 3.05) is 12.4 Å². The van der Waals surface area contributed by atoms with Crippen molar-refractivity contribution in [3.63, 3.8) is 0 Å². The zero-order valence-electron chi connectivity index (χ0n) is 11.5. The molecule has 1 rings (SSSR count). The Balaban J connectivity index is 2.90. The predicted molar refractivity (Wildman–Crippen MR) is 82.9 cm³/mol. The molecule has 0 aliphatic heterocycles. The summed E-state index contributed by atoms with van der Waals surface area (Å²) in [4.78, 5) is 0. The van der Waals surface area contributed by atoms with E-state index in [0.717, 1.165) is 0 Å². The molecule has 0 unspecified atom stereocenters. The summed E-state index contributed by atoms with van der Waals surface area (Å²) in [7, 11) is -3.57. The minimum Gasteiger partial charge on any atom is -0.491 e. The molecule has 0 saturated heterocycles. The van der Waals surface area contributed by atoms with Crippen molar-refractivity contribution in [3.05, 3.63) is 28.2 Å². The third-order valence-electron chi connectivity index (χ3n) is 3.46. The van der Waals surface area contributed by atoms with E-state index in [1.54, 1.807) is 18.2 Å². The van der Waals surface area contributed by atoms with E-state index >= 15 is 0 Å². The van der Waals surface area contributed by atoms with Crippen LogP contribution in [0.1, 0.15) is 26.7 Å². The van der Waals surface area contributed by atoms with Gasteiger partial charge >= 0.3 is 0 Å². The van der Waals surface area contributed by atoms with Crippen LogP contribution in [-0.4, -0.2) is 20.8 Å². The molecular formula is C13H19Cl2NO3S. The zero-order chi connectivity index (χ0) is 15.4. The Bertz CT molecular complexity index is 557. The van der Waals surface area contributed by atoms with Crippen molar-refractivity contribution in [1.29, 1.82) is 0 Å². The van der Waals surface area contributed by atoms with Gasteiger partial charge in [-0.1, -0.05) is 43.1 Å². The Morgan fingerprint density at radius 2 is 1.85 bits per heavy atom. The molecule has 0 spiro atoms. The summed E-state index contributed by atoms with van der Waals surface area (Å²) in [6.07, 6.45) is 1.27. The number of hydrogen-bond acceptors (Lipinski definition) is 3. The van der Waals surface area contributed by atoms with Crippen LogP contribution in [0.4, 0.5) is 0 Å². The Hall–Kier alpha value is -0.490. The highest BCUT2D eigenvalue weighted by Gasteiger charge is 2.32. The van der Waals surface area contributed by atoms with Crippen LogP contribution in [0.2, 0.25) is 10.0 Å². The minimum atomic E-state index is -3.57. The van der Waals surface area contributed by atoms with Crippen LogP contribution in [0.5, 0.6) is 5.75 Å². The molecule has 0 aliphatic carbocycles. The number of benzene rings is 1. The molecule has 4 nitrogen and oxygen atoms in total. The molecule has 7 heteroatoms. The highest BCUT2D eigenvalue weighted by Crippen LogP contribution is 2.34. The summed E-state index contributed by atoms with van der Waals surface area (Å²) in [5.74, 6) is 0.324. The summed E-state index contributed by atoms with van der Waals surface area (Å²) in [6, 6.07) is 5.08. The fourth-order valence-corrected chi connectivity index (χ4v) is 3.64. The van der Waals surface area contributed by atoms with Gasteiger partial charge in [0.2, 0.25) is 10.0 Å². The van der Waals surface area contributed by atoms with E-state index in [2.05, 4.69) is 0 Å². The molecule has 2 N–H and O–H groups in total.